The van der Waals surface area contributed by atoms with Crippen LogP contribution in [0.5, 0.6) is 11.5 Å². The Bertz CT molecular complexity index is 652. The van der Waals surface area contributed by atoms with Crippen LogP contribution in [0.25, 0.3) is 0 Å². The summed E-state index contributed by atoms with van der Waals surface area (Å²) in [6.07, 6.45) is 0.932. The number of carbonyl (C=O) groups excluding carboxylic acids is 1. The van der Waals surface area contributed by atoms with E-state index in [0.29, 0.717) is 13.0 Å². The Morgan fingerprint density at radius 1 is 1.12 bits per heavy atom. The topological polar surface area (TPSA) is 47.6 Å². The minimum atomic E-state index is -0.470. The lowest BCUT2D eigenvalue weighted by Crippen LogP contribution is -2.38. The number of methoxy groups -OCH3 is 1. The Balaban J connectivity index is 1.82. The van der Waals surface area contributed by atoms with E-state index in [1.807, 2.05) is 62.4 Å². The Morgan fingerprint density at radius 2 is 1.88 bits per heavy atom. The SMILES string of the molecule is CC[C@H](Oc1cccc(C)c1)C(=O)NCCc1ccc(OC)cc1. The lowest BCUT2D eigenvalue weighted by atomic mass is 10.1. The van der Waals surface area contributed by atoms with Gasteiger partial charge in [-0.05, 0) is 55.2 Å². The summed E-state index contributed by atoms with van der Waals surface area (Å²) in [5, 5.41) is 2.95. The molecule has 0 bridgehead atoms. The summed E-state index contributed by atoms with van der Waals surface area (Å²) in [4.78, 5) is 12.3. The maximum Gasteiger partial charge on any atom is 0.261 e. The van der Waals surface area contributed by atoms with Crippen molar-refractivity contribution in [2.24, 2.45) is 0 Å². The predicted octanol–water partition coefficient (Wildman–Crippen LogP) is 3.52. The summed E-state index contributed by atoms with van der Waals surface area (Å²) < 4.78 is 10.9. The third kappa shape index (κ3) is 5.30. The average molecular weight is 327 g/mol. The van der Waals surface area contributed by atoms with Crippen LogP contribution in [-0.2, 0) is 11.2 Å². The van der Waals surface area contributed by atoms with Crippen LogP contribution >= 0.6 is 0 Å². The number of hydrogen-bond acceptors (Lipinski definition) is 3. The molecule has 0 aromatic heterocycles. The van der Waals surface area contributed by atoms with Crippen molar-refractivity contribution in [3.8, 4) is 11.5 Å². The standard InChI is InChI=1S/C20H25NO3/c1-4-19(24-18-7-5-6-15(2)14-18)20(22)21-13-12-16-8-10-17(23-3)11-9-16/h5-11,14,19H,4,12-13H2,1-3H3,(H,21,22)/t19-/m0/s1. The van der Waals surface area contributed by atoms with Crippen LogP contribution in [0.15, 0.2) is 48.5 Å². The Labute approximate surface area is 143 Å². The van der Waals surface area contributed by atoms with Crippen molar-refractivity contribution in [1.29, 1.82) is 0 Å². The number of carbonyl (C=O) groups is 1. The van der Waals surface area contributed by atoms with Gasteiger partial charge in [-0.1, -0.05) is 31.2 Å². The molecule has 0 saturated carbocycles. The highest BCUT2D eigenvalue weighted by Gasteiger charge is 2.17. The molecule has 2 aromatic carbocycles. The fourth-order valence-electron chi connectivity index (χ4n) is 2.41. The summed E-state index contributed by atoms with van der Waals surface area (Å²) in [6.45, 7) is 4.53. The van der Waals surface area contributed by atoms with Crippen molar-refractivity contribution in [2.45, 2.75) is 32.8 Å². The molecule has 2 rings (SSSR count). The van der Waals surface area contributed by atoms with Gasteiger partial charge in [0.2, 0.25) is 0 Å². The summed E-state index contributed by atoms with van der Waals surface area (Å²) >= 11 is 0. The minimum absolute atomic E-state index is 0.0764. The molecule has 1 N–H and O–H groups in total. The molecule has 0 saturated heterocycles. The molecule has 0 heterocycles. The van der Waals surface area contributed by atoms with Crippen molar-refractivity contribution in [1.82, 2.24) is 5.32 Å². The van der Waals surface area contributed by atoms with E-state index in [2.05, 4.69) is 5.32 Å². The lowest BCUT2D eigenvalue weighted by Gasteiger charge is -2.17. The predicted molar refractivity (Wildman–Crippen MR) is 95.6 cm³/mol. The highest BCUT2D eigenvalue weighted by Crippen LogP contribution is 2.15. The van der Waals surface area contributed by atoms with Crippen LogP contribution in [0.1, 0.15) is 24.5 Å². The summed E-state index contributed by atoms with van der Waals surface area (Å²) in [5.74, 6) is 1.49. The van der Waals surface area contributed by atoms with E-state index in [1.54, 1.807) is 7.11 Å². The molecule has 0 unspecified atom stereocenters. The van der Waals surface area contributed by atoms with E-state index >= 15 is 0 Å². The van der Waals surface area contributed by atoms with Crippen molar-refractivity contribution in [2.75, 3.05) is 13.7 Å². The maximum atomic E-state index is 12.3. The fraction of sp³-hybridized carbons (Fsp3) is 0.350. The van der Waals surface area contributed by atoms with Gasteiger partial charge in [0.1, 0.15) is 11.5 Å². The highest BCUT2D eigenvalue weighted by molar-refractivity contribution is 5.81. The van der Waals surface area contributed by atoms with Gasteiger partial charge >= 0.3 is 0 Å². The molecule has 4 heteroatoms. The van der Waals surface area contributed by atoms with Crippen molar-refractivity contribution < 1.29 is 14.3 Å². The van der Waals surface area contributed by atoms with Gasteiger partial charge < -0.3 is 14.8 Å². The van der Waals surface area contributed by atoms with Gasteiger partial charge in [-0.3, -0.25) is 4.79 Å². The third-order valence-corrected chi connectivity index (χ3v) is 3.80. The highest BCUT2D eigenvalue weighted by atomic mass is 16.5. The molecule has 1 atom stereocenters. The molecular weight excluding hydrogens is 302 g/mol. The smallest absolute Gasteiger partial charge is 0.261 e. The monoisotopic (exact) mass is 327 g/mol. The number of hydrogen-bond donors (Lipinski definition) is 1. The first kappa shape index (κ1) is 17.9. The molecule has 4 nitrogen and oxygen atoms in total. The Kier molecular flexibility index (Phi) is 6.67. The first-order valence-corrected chi connectivity index (χ1v) is 8.26. The number of benzene rings is 2. The molecule has 0 aliphatic heterocycles. The first-order valence-electron chi connectivity index (χ1n) is 8.26. The van der Waals surface area contributed by atoms with Crippen LogP contribution in [0.2, 0.25) is 0 Å². The van der Waals surface area contributed by atoms with Crippen LogP contribution in [0.4, 0.5) is 0 Å². The molecule has 128 valence electrons. The van der Waals surface area contributed by atoms with Gasteiger partial charge in [-0.15, -0.1) is 0 Å². The van der Waals surface area contributed by atoms with E-state index in [1.165, 1.54) is 0 Å². The van der Waals surface area contributed by atoms with Crippen LogP contribution in [0, 0.1) is 6.92 Å². The van der Waals surface area contributed by atoms with E-state index < -0.39 is 6.10 Å². The number of rotatable bonds is 8. The largest absolute Gasteiger partial charge is 0.497 e. The Hall–Kier alpha value is -2.49. The van der Waals surface area contributed by atoms with E-state index in [0.717, 1.165) is 29.0 Å². The second kappa shape index (κ2) is 8.96. The zero-order chi connectivity index (χ0) is 17.4. The normalized spacial score (nSPS) is 11.6. The number of amides is 1. The van der Waals surface area contributed by atoms with Gasteiger partial charge in [-0.25, -0.2) is 0 Å². The minimum Gasteiger partial charge on any atom is -0.497 e. The van der Waals surface area contributed by atoms with Gasteiger partial charge in [0.15, 0.2) is 6.10 Å². The molecule has 24 heavy (non-hydrogen) atoms. The van der Waals surface area contributed by atoms with Gasteiger partial charge in [0.05, 0.1) is 7.11 Å². The third-order valence-electron chi connectivity index (χ3n) is 3.80. The maximum absolute atomic E-state index is 12.3. The van der Waals surface area contributed by atoms with Crippen LogP contribution in [0.3, 0.4) is 0 Å². The quantitative estimate of drug-likeness (QED) is 0.807. The van der Waals surface area contributed by atoms with Crippen LogP contribution in [-0.4, -0.2) is 25.7 Å². The molecule has 0 aliphatic carbocycles. The summed E-state index contributed by atoms with van der Waals surface area (Å²) in [7, 11) is 1.65. The fourth-order valence-corrected chi connectivity index (χ4v) is 2.41. The molecule has 0 radical (unpaired) electrons. The van der Waals surface area contributed by atoms with E-state index in [-0.39, 0.29) is 5.91 Å². The van der Waals surface area contributed by atoms with Gasteiger partial charge in [0.25, 0.3) is 5.91 Å². The molecule has 1 amide bonds. The van der Waals surface area contributed by atoms with Crippen LogP contribution < -0.4 is 14.8 Å². The number of nitrogens with one attached hydrogen (secondary N) is 1. The summed E-state index contributed by atoms with van der Waals surface area (Å²) in [5.41, 5.74) is 2.27. The Morgan fingerprint density at radius 3 is 2.50 bits per heavy atom. The molecular formula is C20H25NO3. The second-order valence-electron chi connectivity index (χ2n) is 5.72. The van der Waals surface area contributed by atoms with Crippen molar-refractivity contribution >= 4 is 5.91 Å². The second-order valence-corrected chi connectivity index (χ2v) is 5.72. The van der Waals surface area contributed by atoms with Gasteiger partial charge in [-0.2, -0.15) is 0 Å². The summed E-state index contributed by atoms with van der Waals surface area (Å²) in [6, 6.07) is 15.6. The molecule has 0 fully saturated rings. The zero-order valence-corrected chi connectivity index (χ0v) is 14.5. The van der Waals surface area contributed by atoms with Gasteiger partial charge in [0, 0.05) is 6.54 Å². The molecule has 0 spiro atoms. The number of aryl methyl sites for hydroxylation is 1. The average Bonchev–Trinajstić information content (AvgIpc) is 2.60. The van der Waals surface area contributed by atoms with E-state index in [4.69, 9.17) is 9.47 Å². The molecule has 0 aliphatic rings. The van der Waals surface area contributed by atoms with Crippen molar-refractivity contribution in [3.63, 3.8) is 0 Å². The van der Waals surface area contributed by atoms with Crippen molar-refractivity contribution in [3.05, 3.63) is 59.7 Å². The number of ether oxygens (including phenoxy) is 2. The lowest BCUT2D eigenvalue weighted by molar-refractivity contribution is -0.128. The first-order chi connectivity index (χ1) is 11.6. The molecule has 2 aromatic rings. The van der Waals surface area contributed by atoms with E-state index in [9.17, 15) is 4.79 Å². The zero-order valence-electron chi connectivity index (χ0n) is 14.5.